The molecule has 0 aliphatic heterocycles. The lowest BCUT2D eigenvalue weighted by Crippen LogP contribution is -1.96. The molecule has 0 N–H and O–H groups in total. The van der Waals surface area contributed by atoms with Gasteiger partial charge in [0.15, 0.2) is 0 Å². The van der Waals surface area contributed by atoms with Gasteiger partial charge in [-0.15, -0.1) is 0 Å². The van der Waals surface area contributed by atoms with Crippen LogP contribution in [-0.4, -0.2) is 28.7 Å². The molecule has 91 heavy (non-hydrogen) atoms. The summed E-state index contributed by atoms with van der Waals surface area (Å²) >= 11 is 0. The largest absolute Gasteiger partial charge is 0.297 e. The summed E-state index contributed by atoms with van der Waals surface area (Å²) in [6.07, 6.45) is 0. The first kappa shape index (κ1) is 55.8. The van der Waals surface area contributed by atoms with Crippen LogP contribution in [0.1, 0.15) is 24.9 Å². The van der Waals surface area contributed by atoms with Gasteiger partial charge in [0.2, 0.25) is 0 Å². The van der Waals surface area contributed by atoms with E-state index in [2.05, 4.69) is 326 Å². The van der Waals surface area contributed by atoms with Crippen LogP contribution in [0.5, 0.6) is 0 Å². The molecule has 0 spiro atoms. The normalized spacial score (nSPS) is 11.4. The van der Waals surface area contributed by atoms with Gasteiger partial charge >= 0.3 is 0 Å². The highest BCUT2D eigenvalue weighted by atomic mass is 15.1. The van der Waals surface area contributed by atoms with Gasteiger partial charge in [-0.05, 0) is 205 Å². The third-order valence-electron chi connectivity index (χ3n) is 17.8. The van der Waals surface area contributed by atoms with E-state index in [1.807, 2.05) is 18.2 Å². The van der Waals surface area contributed by atoms with Crippen molar-refractivity contribution in [3.63, 3.8) is 0 Å². The van der Waals surface area contributed by atoms with Crippen molar-refractivity contribution in [1.29, 1.82) is 0 Å². The summed E-state index contributed by atoms with van der Waals surface area (Å²) in [5, 5.41) is 7.50. The minimum atomic E-state index is 0. The highest BCUT2D eigenvalue weighted by Crippen LogP contribution is 2.45. The van der Waals surface area contributed by atoms with E-state index in [9.17, 15) is 0 Å². The van der Waals surface area contributed by atoms with Crippen LogP contribution < -0.4 is 0 Å². The van der Waals surface area contributed by atoms with Gasteiger partial charge in [-0.2, -0.15) is 0 Å². The van der Waals surface area contributed by atoms with E-state index in [0.29, 0.717) is 0 Å². The zero-order valence-corrected chi connectivity index (χ0v) is 50.1. The molecule has 434 valence electrons. The Balaban J connectivity index is 0.000000151. The first-order valence-electron chi connectivity index (χ1n) is 30.7. The van der Waals surface area contributed by atoms with Gasteiger partial charge in [0.1, 0.15) is 17.5 Å². The maximum absolute atomic E-state index is 4.93. The molecule has 0 unspecified atom stereocenters. The third kappa shape index (κ3) is 10.2. The van der Waals surface area contributed by atoms with Crippen molar-refractivity contribution in [3.8, 4) is 83.8 Å². The predicted molar refractivity (Wildman–Crippen MR) is 383 cm³/mol. The van der Waals surface area contributed by atoms with Gasteiger partial charge in [-0.1, -0.05) is 232 Å². The summed E-state index contributed by atoms with van der Waals surface area (Å²) in [5.41, 5.74) is 24.4. The van der Waals surface area contributed by atoms with Crippen LogP contribution in [-0.2, 0) is 0 Å². The molecule has 0 saturated heterocycles. The lowest BCUT2D eigenvalue weighted by molar-refractivity contribution is 1.00. The second kappa shape index (κ2) is 23.4. The minimum Gasteiger partial charge on any atom is -0.297 e. The number of hydrogen-bond acceptors (Lipinski definition) is 3. The molecular formula is C85H64N6. The smallest absolute Gasteiger partial charge is 0.111 e. The Kier molecular flexibility index (Phi) is 14.4. The van der Waals surface area contributed by atoms with E-state index in [1.165, 1.54) is 93.5 Å². The minimum absolute atomic E-state index is 0. The summed E-state index contributed by atoms with van der Waals surface area (Å²) < 4.78 is 6.65. The number of para-hydroxylation sites is 5. The van der Waals surface area contributed by atoms with E-state index in [4.69, 9.17) is 15.0 Å². The number of imidazole rings is 3. The molecule has 0 atom stereocenters. The molecule has 0 aliphatic rings. The van der Waals surface area contributed by atoms with Crippen LogP contribution in [0.25, 0.3) is 149 Å². The van der Waals surface area contributed by atoms with Crippen molar-refractivity contribution in [2.45, 2.75) is 28.2 Å². The molecule has 3 heterocycles. The number of nitrogens with zero attached hydrogens (tertiary/aromatic N) is 6. The number of fused-ring (bicyclic) bond motifs is 6. The Hall–Kier alpha value is -11.7. The van der Waals surface area contributed by atoms with Crippen LogP contribution >= 0.6 is 0 Å². The number of aromatic nitrogens is 6. The van der Waals surface area contributed by atoms with Crippen LogP contribution in [0.15, 0.2) is 309 Å². The molecule has 17 aromatic rings. The van der Waals surface area contributed by atoms with Crippen LogP contribution in [0, 0.1) is 20.8 Å². The summed E-state index contributed by atoms with van der Waals surface area (Å²) in [4.78, 5) is 14.4. The number of benzene rings is 14. The van der Waals surface area contributed by atoms with E-state index < -0.39 is 0 Å². The molecule has 3 aromatic heterocycles. The monoisotopic (exact) mass is 1170 g/mol. The van der Waals surface area contributed by atoms with Crippen LogP contribution in [0.2, 0.25) is 0 Å². The van der Waals surface area contributed by atoms with Crippen molar-refractivity contribution in [3.05, 3.63) is 327 Å². The Morgan fingerprint density at radius 1 is 0.220 bits per heavy atom. The fraction of sp³-hybridized carbons (Fsp3) is 0.0471. The van der Waals surface area contributed by atoms with Gasteiger partial charge in [-0.25, -0.2) is 15.0 Å². The average Bonchev–Trinajstić information content (AvgIpc) is 1.92. The van der Waals surface area contributed by atoms with Crippen molar-refractivity contribution < 1.29 is 0 Å². The summed E-state index contributed by atoms with van der Waals surface area (Å²) in [6, 6.07) is 111. The van der Waals surface area contributed by atoms with Crippen LogP contribution in [0.3, 0.4) is 0 Å². The third-order valence-corrected chi connectivity index (χ3v) is 17.8. The molecule has 0 saturated carbocycles. The van der Waals surface area contributed by atoms with Crippen LogP contribution in [0.4, 0.5) is 0 Å². The average molecular weight is 1170 g/mol. The molecule has 6 nitrogen and oxygen atoms in total. The van der Waals surface area contributed by atoms with E-state index in [0.717, 1.165) is 73.2 Å². The first-order chi connectivity index (χ1) is 44.3. The molecule has 0 aliphatic carbocycles. The standard InChI is InChI=1S/C46H32N2.C38H28N4.CH4/c1-31-47-43-30-37(28-29-44(43)48(31)38-14-6-3-7-15-38)34-22-26-36(27-23-34)46-41-18-10-8-16-39(41)45(40-17-9-11-19-42(40)46)35-24-20-33(21-25-35)32-12-4-2-5-13-32;1-25-39-35-7-3-5-9-37(35)41(25)33-19-15-27(16-20-33)30-13-11-29-12-14-31(24-32(29)23-30)28-17-21-34(22-18-28)42-26(2)40-36-8-4-6-10-38(36)42;/h2-30H,1H3;3-24H,1-2H3;1H4. The van der Waals surface area contributed by atoms with Gasteiger partial charge in [0.25, 0.3) is 0 Å². The van der Waals surface area contributed by atoms with Crippen molar-refractivity contribution >= 4 is 65.4 Å². The number of aryl methyl sites for hydroxylation is 3. The lowest BCUT2D eigenvalue weighted by atomic mass is 9.85. The topological polar surface area (TPSA) is 53.5 Å². The molecule has 6 heteroatoms. The number of hydrogen-bond donors (Lipinski definition) is 0. The maximum atomic E-state index is 4.93. The molecule has 0 bridgehead atoms. The molecule has 0 radical (unpaired) electrons. The Bertz CT molecular complexity index is 5310. The van der Waals surface area contributed by atoms with Crippen molar-refractivity contribution in [2.24, 2.45) is 0 Å². The number of rotatable bonds is 9. The highest BCUT2D eigenvalue weighted by Gasteiger charge is 2.19. The summed E-state index contributed by atoms with van der Waals surface area (Å²) in [7, 11) is 0. The van der Waals surface area contributed by atoms with Gasteiger partial charge < -0.3 is 0 Å². The van der Waals surface area contributed by atoms with E-state index >= 15 is 0 Å². The Morgan fingerprint density at radius 3 is 0.967 bits per heavy atom. The molecular weight excluding hydrogens is 1100 g/mol. The molecule has 14 aromatic carbocycles. The van der Waals surface area contributed by atoms with Gasteiger partial charge in [-0.3, -0.25) is 13.7 Å². The van der Waals surface area contributed by atoms with Crippen molar-refractivity contribution in [1.82, 2.24) is 28.7 Å². The maximum Gasteiger partial charge on any atom is 0.111 e. The second-order valence-electron chi connectivity index (χ2n) is 23.2. The Morgan fingerprint density at radius 2 is 0.516 bits per heavy atom. The van der Waals surface area contributed by atoms with Crippen molar-refractivity contribution in [2.75, 3.05) is 0 Å². The van der Waals surface area contributed by atoms with Gasteiger partial charge in [0, 0.05) is 17.1 Å². The first-order valence-corrected chi connectivity index (χ1v) is 30.7. The van der Waals surface area contributed by atoms with E-state index in [-0.39, 0.29) is 7.43 Å². The molecule has 0 fully saturated rings. The van der Waals surface area contributed by atoms with E-state index in [1.54, 1.807) is 0 Å². The summed E-state index contributed by atoms with van der Waals surface area (Å²) in [6.45, 7) is 6.19. The quantitative estimate of drug-likeness (QED) is 0.135. The fourth-order valence-electron chi connectivity index (χ4n) is 13.5. The SMILES string of the molecule is C.Cc1nc2cc(-c3ccc(-c4c5ccccc5c(-c5ccc(-c6ccccc6)cc5)c5ccccc45)cc3)ccc2n1-c1ccccc1.Cc1nc2ccccc2n1-c1ccc(-c2ccc3ccc(-c4ccc(-n5c(C)nc6ccccc65)cc4)cc3c2)cc1. The predicted octanol–water partition coefficient (Wildman–Crippen LogP) is 22.4. The van der Waals surface area contributed by atoms with Gasteiger partial charge in [0.05, 0.1) is 33.1 Å². The zero-order chi connectivity index (χ0) is 60.2. The Labute approximate surface area is 529 Å². The zero-order valence-electron chi connectivity index (χ0n) is 50.1. The second-order valence-corrected chi connectivity index (χ2v) is 23.2. The molecule has 0 amide bonds. The summed E-state index contributed by atoms with van der Waals surface area (Å²) in [5.74, 6) is 2.96. The fourth-order valence-corrected chi connectivity index (χ4v) is 13.5. The highest BCUT2D eigenvalue weighted by molar-refractivity contribution is 6.21. The lowest BCUT2D eigenvalue weighted by Gasteiger charge is -2.18. The molecule has 17 rings (SSSR count).